The minimum atomic E-state index is -0.388. The molecular weight excluding hydrogens is 242 g/mol. The third-order valence-corrected chi connectivity index (χ3v) is 3.56. The molecule has 1 aliphatic rings. The molecule has 1 N–H and O–H groups in total. The predicted octanol–water partition coefficient (Wildman–Crippen LogP) is 1.59. The number of carbonyl (C=O) groups excluding carboxylic acids is 1. The molecule has 0 amide bonds. The van der Waals surface area contributed by atoms with Crippen molar-refractivity contribution >= 4 is 5.78 Å². The molecule has 2 atom stereocenters. The van der Waals surface area contributed by atoms with Gasteiger partial charge in [-0.1, -0.05) is 35.5 Å². The van der Waals surface area contributed by atoms with E-state index in [4.69, 9.17) is 0 Å². The monoisotopic (exact) mass is 257 g/mol. The van der Waals surface area contributed by atoms with Crippen molar-refractivity contribution in [3.8, 4) is 0 Å². The van der Waals surface area contributed by atoms with E-state index in [0.717, 1.165) is 19.3 Å². The van der Waals surface area contributed by atoms with Crippen LogP contribution in [0.15, 0.2) is 36.5 Å². The SMILES string of the molecule is O=C(c1ccccc1)c1cn([C@@H]2CCC[C@H]2O)nn1. The molecular formula is C14H15N3O2. The second-order valence-corrected chi connectivity index (χ2v) is 4.84. The lowest BCUT2D eigenvalue weighted by atomic mass is 10.1. The van der Waals surface area contributed by atoms with Crippen LogP contribution >= 0.6 is 0 Å². The Hall–Kier alpha value is -2.01. The highest BCUT2D eigenvalue weighted by atomic mass is 16.3. The van der Waals surface area contributed by atoms with E-state index >= 15 is 0 Å². The maximum atomic E-state index is 12.2. The number of hydrogen-bond donors (Lipinski definition) is 1. The van der Waals surface area contributed by atoms with Crippen LogP contribution in [0.3, 0.4) is 0 Å². The van der Waals surface area contributed by atoms with Crippen LogP contribution in [0.2, 0.25) is 0 Å². The van der Waals surface area contributed by atoms with E-state index in [0.29, 0.717) is 11.3 Å². The number of hydrogen-bond acceptors (Lipinski definition) is 4. The lowest BCUT2D eigenvalue weighted by Crippen LogP contribution is -2.18. The third kappa shape index (κ3) is 2.29. The second-order valence-electron chi connectivity index (χ2n) is 4.84. The Kier molecular flexibility index (Phi) is 3.13. The molecule has 0 aliphatic heterocycles. The summed E-state index contributed by atoms with van der Waals surface area (Å²) in [6.45, 7) is 0. The predicted molar refractivity (Wildman–Crippen MR) is 68.8 cm³/mol. The highest BCUT2D eigenvalue weighted by molar-refractivity contribution is 6.07. The van der Waals surface area contributed by atoms with E-state index in [-0.39, 0.29) is 17.9 Å². The zero-order valence-electron chi connectivity index (χ0n) is 10.4. The smallest absolute Gasteiger partial charge is 0.214 e. The van der Waals surface area contributed by atoms with Crippen molar-refractivity contribution in [2.75, 3.05) is 0 Å². The summed E-state index contributed by atoms with van der Waals surface area (Å²) in [6, 6.07) is 8.96. The fraction of sp³-hybridized carbons (Fsp3) is 0.357. The van der Waals surface area contributed by atoms with E-state index in [1.54, 1.807) is 23.0 Å². The Bertz CT molecular complexity index is 579. The standard InChI is InChI=1S/C14H15N3O2/c18-13-8-4-7-12(13)17-9-11(15-16-17)14(19)10-5-2-1-3-6-10/h1-3,5-6,9,12-13,18H,4,7-8H2/t12-,13-/m1/s1. The van der Waals surface area contributed by atoms with Gasteiger partial charge < -0.3 is 5.11 Å². The normalized spacial score (nSPS) is 22.6. The van der Waals surface area contributed by atoms with E-state index < -0.39 is 0 Å². The Morgan fingerprint density at radius 3 is 2.74 bits per heavy atom. The van der Waals surface area contributed by atoms with Crippen LogP contribution in [0.1, 0.15) is 41.4 Å². The van der Waals surface area contributed by atoms with Crippen LogP contribution < -0.4 is 0 Å². The molecule has 5 heteroatoms. The first kappa shape index (κ1) is 12.0. The Morgan fingerprint density at radius 2 is 2.05 bits per heavy atom. The summed E-state index contributed by atoms with van der Waals surface area (Å²) in [5, 5.41) is 17.7. The summed E-state index contributed by atoms with van der Waals surface area (Å²) in [5.74, 6) is -0.140. The lowest BCUT2D eigenvalue weighted by molar-refractivity contribution is 0.103. The lowest BCUT2D eigenvalue weighted by Gasteiger charge is -2.13. The van der Waals surface area contributed by atoms with Crippen molar-refractivity contribution in [3.63, 3.8) is 0 Å². The molecule has 1 saturated carbocycles. The Balaban J connectivity index is 1.83. The Labute approximate surface area is 110 Å². The topological polar surface area (TPSA) is 68.0 Å². The number of aliphatic hydroxyl groups excluding tert-OH is 1. The quantitative estimate of drug-likeness (QED) is 0.848. The number of carbonyl (C=O) groups is 1. The number of aliphatic hydroxyl groups is 1. The molecule has 1 aliphatic carbocycles. The first-order chi connectivity index (χ1) is 9.25. The Morgan fingerprint density at radius 1 is 1.26 bits per heavy atom. The van der Waals surface area contributed by atoms with Crippen LogP contribution in [0, 0.1) is 0 Å². The maximum Gasteiger partial charge on any atom is 0.214 e. The van der Waals surface area contributed by atoms with Crippen molar-refractivity contribution in [2.45, 2.75) is 31.4 Å². The van der Waals surface area contributed by atoms with Crippen LogP contribution in [0.25, 0.3) is 0 Å². The van der Waals surface area contributed by atoms with Crippen LogP contribution in [-0.4, -0.2) is 32.0 Å². The van der Waals surface area contributed by atoms with Crippen LogP contribution in [0.4, 0.5) is 0 Å². The molecule has 0 radical (unpaired) electrons. The third-order valence-electron chi connectivity index (χ3n) is 3.56. The molecule has 0 unspecified atom stereocenters. The molecule has 1 fully saturated rings. The van der Waals surface area contributed by atoms with Crippen molar-refractivity contribution in [3.05, 3.63) is 47.8 Å². The van der Waals surface area contributed by atoms with E-state index in [1.165, 1.54) is 0 Å². The van der Waals surface area contributed by atoms with Crippen LogP contribution in [-0.2, 0) is 0 Å². The summed E-state index contributed by atoms with van der Waals surface area (Å²) < 4.78 is 1.62. The zero-order valence-corrected chi connectivity index (χ0v) is 10.4. The van der Waals surface area contributed by atoms with Crippen LogP contribution in [0.5, 0.6) is 0 Å². The molecule has 1 heterocycles. The summed E-state index contributed by atoms with van der Waals surface area (Å²) >= 11 is 0. The minimum Gasteiger partial charge on any atom is -0.391 e. The average molecular weight is 257 g/mol. The summed E-state index contributed by atoms with van der Waals surface area (Å²) in [7, 11) is 0. The van der Waals surface area contributed by atoms with Gasteiger partial charge in [0.2, 0.25) is 5.78 Å². The molecule has 0 saturated heterocycles. The van der Waals surface area contributed by atoms with Gasteiger partial charge in [-0.3, -0.25) is 4.79 Å². The molecule has 98 valence electrons. The van der Waals surface area contributed by atoms with E-state index in [9.17, 15) is 9.90 Å². The van der Waals surface area contributed by atoms with Gasteiger partial charge in [-0.25, -0.2) is 4.68 Å². The summed E-state index contributed by atoms with van der Waals surface area (Å²) in [5.41, 5.74) is 0.923. The van der Waals surface area contributed by atoms with Gasteiger partial charge >= 0.3 is 0 Å². The van der Waals surface area contributed by atoms with E-state index in [1.807, 2.05) is 18.2 Å². The first-order valence-electron chi connectivity index (χ1n) is 6.45. The minimum absolute atomic E-state index is 0.0511. The van der Waals surface area contributed by atoms with Crippen molar-refractivity contribution in [2.24, 2.45) is 0 Å². The number of benzene rings is 1. The molecule has 0 bridgehead atoms. The van der Waals surface area contributed by atoms with Gasteiger partial charge in [0, 0.05) is 5.56 Å². The van der Waals surface area contributed by atoms with Gasteiger partial charge in [-0.2, -0.15) is 0 Å². The molecule has 19 heavy (non-hydrogen) atoms. The van der Waals surface area contributed by atoms with Gasteiger partial charge in [-0.15, -0.1) is 5.10 Å². The zero-order chi connectivity index (χ0) is 13.2. The number of ketones is 1. The summed E-state index contributed by atoms with van der Waals surface area (Å²) in [4.78, 5) is 12.2. The molecule has 2 aromatic rings. The molecule has 0 spiro atoms. The van der Waals surface area contributed by atoms with Gasteiger partial charge in [0.15, 0.2) is 5.69 Å². The number of aromatic nitrogens is 3. The van der Waals surface area contributed by atoms with Crippen molar-refractivity contribution in [1.82, 2.24) is 15.0 Å². The number of nitrogens with zero attached hydrogens (tertiary/aromatic N) is 3. The van der Waals surface area contributed by atoms with Crippen molar-refractivity contribution < 1.29 is 9.90 Å². The number of rotatable bonds is 3. The molecule has 5 nitrogen and oxygen atoms in total. The fourth-order valence-corrected chi connectivity index (χ4v) is 2.51. The van der Waals surface area contributed by atoms with E-state index in [2.05, 4.69) is 10.3 Å². The highest BCUT2D eigenvalue weighted by Crippen LogP contribution is 2.29. The largest absolute Gasteiger partial charge is 0.391 e. The average Bonchev–Trinajstić information content (AvgIpc) is 3.07. The summed E-state index contributed by atoms with van der Waals surface area (Å²) in [6.07, 6.45) is 3.89. The van der Waals surface area contributed by atoms with Crippen molar-refractivity contribution in [1.29, 1.82) is 0 Å². The van der Waals surface area contributed by atoms with Gasteiger partial charge in [-0.05, 0) is 19.3 Å². The maximum absolute atomic E-state index is 12.2. The first-order valence-corrected chi connectivity index (χ1v) is 6.45. The molecule has 3 rings (SSSR count). The van der Waals surface area contributed by atoms with Gasteiger partial charge in [0.25, 0.3) is 0 Å². The fourth-order valence-electron chi connectivity index (χ4n) is 2.51. The highest BCUT2D eigenvalue weighted by Gasteiger charge is 2.28. The second kappa shape index (κ2) is 4.93. The molecule has 1 aromatic heterocycles. The van der Waals surface area contributed by atoms with Gasteiger partial charge in [0.1, 0.15) is 0 Å². The van der Waals surface area contributed by atoms with Gasteiger partial charge in [0.05, 0.1) is 18.3 Å². The molecule has 1 aromatic carbocycles.